The van der Waals surface area contributed by atoms with Gasteiger partial charge in [-0.05, 0) is 54.7 Å². The van der Waals surface area contributed by atoms with Crippen LogP contribution in [0, 0.1) is 0 Å². The Morgan fingerprint density at radius 3 is 2.32 bits per heavy atom. The molecule has 0 atom stereocenters. The maximum Gasteiger partial charge on any atom is 0.276 e. The van der Waals surface area contributed by atoms with Crippen LogP contribution in [0.15, 0.2) is 46.9 Å². The highest BCUT2D eigenvalue weighted by Crippen LogP contribution is 2.22. The van der Waals surface area contributed by atoms with E-state index in [1.54, 1.807) is 49.6 Å². The highest BCUT2D eigenvalue weighted by atomic mass is 79.9. The predicted molar refractivity (Wildman–Crippen MR) is 111 cm³/mol. The topological polar surface area (TPSA) is 97.9 Å². The SMILES string of the molecule is COc1ccc(OCC(=O)NNC(=S)NC(=O)c2cc(Br)ccc2OC)cc1. The van der Waals surface area contributed by atoms with Gasteiger partial charge in [0.1, 0.15) is 17.2 Å². The number of carbonyl (C=O) groups excluding carboxylic acids is 2. The first-order chi connectivity index (χ1) is 13.4. The van der Waals surface area contributed by atoms with E-state index in [2.05, 4.69) is 32.1 Å². The Kier molecular flexibility index (Phi) is 8.02. The van der Waals surface area contributed by atoms with Gasteiger partial charge < -0.3 is 14.2 Å². The summed E-state index contributed by atoms with van der Waals surface area (Å²) < 4.78 is 16.2. The lowest BCUT2D eigenvalue weighted by molar-refractivity contribution is -0.123. The number of nitrogens with one attached hydrogen (secondary N) is 3. The van der Waals surface area contributed by atoms with E-state index in [0.717, 1.165) is 0 Å². The third-order valence-corrected chi connectivity index (χ3v) is 4.08. The number of hydrogen-bond donors (Lipinski definition) is 3. The van der Waals surface area contributed by atoms with E-state index in [4.69, 9.17) is 26.4 Å². The quantitative estimate of drug-likeness (QED) is 0.442. The third kappa shape index (κ3) is 6.39. The van der Waals surface area contributed by atoms with E-state index in [-0.39, 0.29) is 17.3 Å². The fourth-order valence-corrected chi connectivity index (χ4v) is 2.55. The van der Waals surface area contributed by atoms with Gasteiger partial charge in [0.2, 0.25) is 0 Å². The molecular formula is C18H18BrN3O5S. The standard InChI is InChI=1S/C18H18BrN3O5S/c1-25-12-4-6-13(7-5-12)27-10-16(23)21-22-18(28)20-17(24)14-9-11(19)3-8-15(14)26-2/h3-9H,10H2,1-2H3,(H,21,23)(H2,20,22,24,28). The number of carbonyl (C=O) groups is 2. The molecule has 0 radical (unpaired) electrons. The van der Waals surface area contributed by atoms with Gasteiger partial charge in [0.05, 0.1) is 19.8 Å². The van der Waals surface area contributed by atoms with Crippen LogP contribution >= 0.6 is 28.1 Å². The van der Waals surface area contributed by atoms with E-state index < -0.39 is 11.8 Å². The molecule has 0 spiro atoms. The molecule has 0 heterocycles. The lowest BCUT2D eigenvalue weighted by Crippen LogP contribution is -2.49. The summed E-state index contributed by atoms with van der Waals surface area (Å²) in [5.74, 6) is 0.613. The van der Waals surface area contributed by atoms with Crippen molar-refractivity contribution in [3.8, 4) is 17.2 Å². The summed E-state index contributed by atoms with van der Waals surface area (Å²) in [4.78, 5) is 24.1. The van der Waals surface area contributed by atoms with Crippen LogP contribution in [0.1, 0.15) is 10.4 Å². The normalized spacial score (nSPS) is 9.82. The monoisotopic (exact) mass is 467 g/mol. The van der Waals surface area contributed by atoms with Crippen molar-refractivity contribution >= 4 is 45.1 Å². The second kappa shape index (κ2) is 10.5. The molecule has 0 saturated carbocycles. The highest BCUT2D eigenvalue weighted by molar-refractivity contribution is 9.10. The molecule has 2 aromatic rings. The van der Waals surface area contributed by atoms with Crippen LogP contribution in [0.3, 0.4) is 0 Å². The van der Waals surface area contributed by atoms with Crippen molar-refractivity contribution in [1.82, 2.24) is 16.2 Å². The van der Waals surface area contributed by atoms with Crippen LogP contribution in [0.5, 0.6) is 17.2 Å². The van der Waals surface area contributed by atoms with Gasteiger partial charge in [0, 0.05) is 4.47 Å². The molecule has 0 aliphatic carbocycles. The first-order valence-corrected chi connectivity index (χ1v) is 9.13. The third-order valence-electron chi connectivity index (χ3n) is 3.38. The van der Waals surface area contributed by atoms with Gasteiger partial charge in [0.25, 0.3) is 11.8 Å². The molecule has 0 fully saturated rings. The molecular weight excluding hydrogens is 450 g/mol. The molecule has 2 amide bonds. The number of ether oxygens (including phenoxy) is 3. The Bertz CT molecular complexity index is 861. The van der Waals surface area contributed by atoms with Crippen LogP contribution in [-0.4, -0.2) is 37.8 Å². The Hall–Kier alpha value is -2.85. The van der Waals surface area contributed by atoms with Crippen molar-refractivity contribution in [2.24, 2.45) is 0 Å². The molecule has 10 heteroatoms. The summed E-state index contributed by atoms with van der Waals surface area (Å²) in [5.41, 5.74) is 5.06. The molecule has 0 unspecified atom stereocenters. The minimum absolute atomic E-state index is 0.0789. The van der Waals surface area contributed by atoms with Crippen LogP contribution < -0.4 is 30.4 Å². The average Bonchev–Trinajstić information content (AvgIpc) is 2.71. The highest BCUT2D eigenvalue weighted by Gasteiger charge is 2.14. The summed E-state index contributed by atoms with van der Waals surface area (Å²) in [6, 6.07) is 11.8. The lowest BCUT2D eigenvalue weighted by atomic mass is 10.2. The zero-order valence-electron chi connectivity index (χ0n) is 15.1. The van der Waals surface area contributed by atoms with Crippen LogP contribution in [0.2, 0.25) is 0 Å². The van der Waals surface area contributed by atoms with Gasteiger partial charge in [0.15, 0.2) is 11.7 Å². The smallest absolute Gasteiger partial charge is 0.276 e. The number of benzene rings is 2. The average molecular weight is 468 g/mol. The maximum absolute atomic E-state index is 12.3. The van der Waals surface area contributed by atoms with Crippen molar-refractivity contribution < 1.29 is 23.8 Å². The van der Waals surface area contributed by atoms with Crippen molar-refractivity contribution in [2.45, 2.75) is 0 Å². The van der Waals surface area contributed by atoms with Crippen LogP contribution in [0.4, 0.5) is 0 Å². The molecule has 0 aliphatic heterocycles. The molecule has 2 rings (SSSR count). The first-order valence-electron chi connectivity index (χ1n) is 7.93. The van der Waals surface area contributed by atoms with E-state index in [1.807, 2.05) is 0 Å². The number of amides is 2. The number of hydrazine groups is 1. The Morgan fingerprint density at radius 2 is 1.68 bits per heavy atom. The summed E-state index contributed by atoms with van der Waals surface area (Å²) in [5, 5.41) is 2.37. The van der Waals surface area contributed by atoms with Gasteiger partial charge in [-0.1, -0.05) is 15.9 Å². The maximum atomic E-state index is 12.3. The Morgan fingerprint density at radius 1 is 1.00 bits per heavy atom. The molecule has 8 nitrogen and oxygen atoms in total. The zero-order chi connectivity index (χ0) is 20.5. The minimum Gasteiger partial charge on any atom is -0.497 e. The summed E-state index contributed by atoms with van der Waals surface area (Å²) in [6.45, 7) is -0.241. The van der Waals surface area contributed by atoms with Crippen molar-refractivity contribution in [1.29, 1.82) is 0 Å². The van der Waals surface area contributed by atoms with Gasteiger partial charge >= 0.3 is 0 Å². The first kappa shape index (κ1) is 21.5. The lowest BCUT2D eigenvalue weighted by Gasteiger charge is -2.13. The molecule has 28 heavy (non-hydrogen) atoms. The molecule has 0 saturated heterocycles. The zero-order valence-corrected chi connectivity index (χ0v) is 17.5. The van der Waals surface area contributed by atoms with E-state index in [0.29, 0.717) is 21.7 Å². The molecule has 148 valence electrons. The fraction of sp³-hybridized carbons (Fsp3) is 0.167. The van der Waals surface area contributed by atoms with E-state index in [9.17, 15) is 9.59 Å². The fourth-order valence-electron chi connectivity index (χ4n) is 2.04. The number of hydrogen-bond acceptors (Lipinski definition) is 6. The molecule has 2 aromatic carbocycles. The number of halogens is 1. The summed E-state index contributed by atoms with van der Waals surface area (Å²) in [7, 11) is 3.02. The predicted octanol–water partition coefficient (Wildman–Crippen LogP) is 2.18. The number of rotatable bonds is 6. The number of thiocarbonyl (C=S) groups is 1. The largest absolute Gasteiger partial charge is 0.497 e. The van der Waals surface area contributed by atoms with Crippen molar-refractivity contribution in [3.63, 3.8) is 0 Å². The summed E-state index contributed by atoms with van der Waals surface area (Å²) in [6.07, 6.45) is 0. The molecule has 3 N–H and O–H groups in total. The van der Waals surface area contributed by atoms with Crippen molar-refractivity contribution in [2.75, 3.05) is 20.8 Å². The van der Waals surface area contributed by atoms with E-state index in [1.165, 1.54) is 7.11 Å². The Balaban J connectivity index is 1.79. The summed E-state index contributed by atoms with van der Waals surface area (Å²) >= 11 is 8.29. The molecule has 0 bridgehead atoms. The van der Waals surface area contributed by atoms with Gasteiger partial charge in [-0.3, -0.25) is 25.8 Å². The van der Waals surface area contributed by atoms with E-state index >= 15 is 0 Å². The second-order valence-corrected chi connectivity index (χ2v) is 6.59. The van der Waals surface area contributed by atoms with Crippen LogP contribution in [-0.2, 0) is 4.79 Å². The van der Waals surface area contributed by atoms with Crippen molar-refractivity contribution in [3.05, 3.63) is 52.5 Å². The molecule has 0 aromatic heterocycles. The Labute approximate surface area is 175 Å². The number of methoxy groups -OCH3 is 2. The van der Waals surface area contributed by atoms with Gasteiger partial charge in [-0.2, -0.15) is 0 Å². The van der Waals surface area contributed by atoms with Gasteiger partial charge in [-0.25, -0.2) is 0 Å². The van der Waals surface area contributed by atoms with Gasteiger partial charge in [-0.15, -0.1) is 0 Å². The molecule has 0 aliphatic rings. The second-order valence-electron chi connectivity index (χ2n) is 5.27. The minimum atomic E-state index is -0.487. The van der Waals surface area contributed by atoms with Crippen LogP contribution in [0.25, 0.3) is 0 Å².